The molecule has 4 heterocycles. The fourth-order valence-electron chi connectivity index (χ4n) is 5.34. The van der Waals surface area contributed by atoms with Gasteiger partial charge in [0.1, 0.15) is 18.0 Å². The number of fused-ring (bicyclic) bond motifs is 5. The van der Waals surface area contributed by atoms with E-state index < -0.39 is 25.6 Å². The van der Waals surface area contributed by atoms with Crippen LogP contribution in [-0.2, 0) is 33.1 Å². The van der Waals surface area contributed by atoms with Crippen LogP contribution < -0.4 is 15.5 Å². The molecule has 0 radical (unpaired) electrons. The van der Waals surface area contributed by atoms with Crippen LogP contribution in [0.2, 0.25) is 19.6 Å². The molecule has 2 aliphatic rings. The number of hydrogen-bond donors (Lipinski definition) is 1. The summed E-state index contributed by atoms with van der Waals surface area (Å²) in [7, 11) is -1.97. The first-order valence-corrected chi connectivity index (χ1v) is 15.2. The van der Waals surface area contributed by atoms with E-state index in [2.05, 4.69) is 19.6 Å². The first kappa shape index (κ1) is 23.4. The molecule has 0 bridgehead atoms. The molecular formula is C26H28N2O6Si. The van der Waals surface area contributed by atoms with E-state index in [0.717, 1.165) is 21.7 Å². The van der Waals surface area contributed by atoms with Crippen molar-refractivity contribution in [2.45, 2.75) is 65.1 Å². The number of pyridine rings is 2. The standard InChI is InChI=1S/C26H28N2O6Si/c1-6-26(32)11-22(30)33-13-18-19(26)10-21-23-17(12-28(21)25(18)31)24(35(3,4)5)16-9-15(34-14(2)29)7-8-20(16)27-23/h7-10,32H,6,11-13H2,1-5H3/t26-/m1/s1. The summed E-state index contributed by atoms with van der Waals surface area (Å²) in [6, 6.07) is 7.22. The lowest BCUT2D eigenvalue weighted by Gasteiger charge is -2.26. The summed E-state index contributed by atoms with van der Waals surface area (Å²) < 4.78 is 12.3. The second-order valence-corrected chi connectivity index (χ2v) is 15.4. The Bertz CT molecular complexity index is 1490. The molecule has 8 nitrogen and oxygen atoms in total. The van der Waals surface area contributed by atoms with Crippen LogP contribution in [0, 0.1) is 0 Å². The number of hydrogen-bond acceptors (Lipinski definition) is 7. The molecule has 0 amide bonds. The summed E-state index contributed by atoms with van der Waals surface area (Å²) in [6.45, 7) is 10.0. The van der Waals surface area contributed by atoms with Crippen molar-refractivity contribution in [2.24, 2.45) is 0 Å². The summed E-state index contributed by atoms with van der Waals surface area (Å²) in [5.74, 6) is -0.456. The molecule has 0 fully saturated rings. The molecule has 182 valence electrons. The molecule has 3 aromatic rings. The molecule has 0 unspecified atom stereocenters. The lowest BCUT2D eigenvalue weighted by molar-refractivity contribution is -0.149. The number of carbonyl (C=O) groups excluding carboxylic acids is 2. The number of benzene rings is 1. The van der Waals surface area contributed by atoms with E-state index in [0.29, 0.717) is 34.8 Å². The van der Waals surface area contributed by atoms with Gasteiger partial charge in [-0.1, -0.05) is 26.6 Å². The van der Waals surface area contributed by atoms with Crippen molar-refractivity contribution in [1.29, 1.82) is 0 Å². The lowest BCUT2D eigenvalue weighted by atomic mass is 9.85. The Labute approximate surface area is 203 Å². The number of rotatable bonds is 3. The number of ether oxygens (including phenoxy) is 2. The molecule has 2 aromatic heterocycles. The van der Waals surface area contributed by atoms with Crippen LogP contribution in [0.3, 0.4) is 0 Å². The first-order chi connectivity index (χ1) is 16.4. The predicted molar refractivity (Wildman–Crippen MR) is 133 cm³/mol. The molecule has 35 heavy (non-hydrogen) atoms. The van der Waals surface area contributed by atoms with Gasteiger partial charge >= 0.3 is 11.9 Å². The first-order valence-electron chi connectivity index (χ1n) is 11.7. The normalized spacial score (nSPS) is 19.0. The molecular weight excluding hydrogens is 464 g/mol. The van der Waals surface area contributed by atoms with Gasteiger partial charge in [0.05, 0.1) is 43.5 Å². The molecule has 0 spiro atoms. The number of cyclic esters (lactones) is 1. The van der Waals surface area contributed by atoms with Gasteiger partial charge in [-0.2, -0.15) is 0 Å². The highest BCUT2D eigenvalue weighted by Gasteiger charge is 2.40. The highest BCUT2D eigenvalue weighted by atomic mass is 28.3. The van der Waals surface area contributed by atoms with Crippen LogP contribution in [0.25, 0.3) is 22.3 Å². The third-order valence-electron chi connectivity index (χ3n) is 6.93. The van der Waals surface area contributed by atoms with E-state index in [1.165, 1.54) is 6.92 Å². The molecule has 0 saturated carbocycles. The van der Waals surface area contributed by atoms with Crippen LogP contribution in [0.4, 0.5) is 0 Å². The van der Waals surface area contributed by atoms with Crippen LogP contribution in [0.15, 0.2) is 29.1 Å². The monoisotopic (exact) mass is 492 g/mol. The van der Waals surface area contributed by atoms with E-state index in [1.54, 1.807) is 17.6 Å². The van der Waals surface area contributed by atoms with E-state index in [1.807, 2.05) is 18.2 Å². The molecule has 0 saturated heterocycles. The van der Waals surface area contributed by atoms with Gasteiger partial charge in [0.15, 0.2) is 0 Å². The largest absolute Gasteiger partial charge is 0.460 e. The van der Waals surface area contributed by atoms with Gasteiger partial charge in [-0.15, -0.1) is 0 Å². The van der Waals surface area contributed by atoms with Crippen molar-refractivity contribution in [3.8, 4) is 17.1 Å². The third-order valence-corrected chi connectivity index (χ3v) is 9.00. The Kier molecular flexibility index (Phi) is 5.26. The minimum Gasteiger partial charge on any atom is -0.460 e. The minimum atomic E-state index is -1.97. The number of carbonyl (C=O) groups is 2. The van der Waals surface area contributed by atoms with E-state index >= 15 is 0 Å². The van der Waals surface area contributed by atoms with Crippen molar-refractivity contribution < 1.29 is 24.2 Å². The Morgan fingerprint density at radius 2 is 1.97 bits per heavy atom. The number of aromatic nitrogens is 2. The maximum Gasteiger partial charge on any atom is 0.309 e. The highest BCUT2D eigenvalue weighted by Crippen LogP contribution is 2.39. The van der Waals surface area contributed by atoms with Crippen LogP contribution in [0.1, 0.15) is 43.4 Å². The van der Waals surface area contributed by atoms with Crippen LogP contribution >= 0.6 is 0 Å². The Morgan fingerprint density at radius 3 is 2.63 bits per heavy atom. The van der Waals surface area contributed by atoms with Gasteiger partial charge < -0.3 is 19.1 Å². The van der Waals surface area contributed by atoms with Gasteiger partial charge in [-0.05, 0) is 47.0 Å². The summed E-state index contributed by atoms with van der Waals surface area (Å²) in [4.78, 5) is 42.3. The fraction of sp³-hybridized carbons (Fsp3) is 0.385. The summed E-state index contributed by atoms with van der Waals surface area (Å²) >= 11 is 0. The lowest BCUT2D eigenvalue weighted by Crippen LogP contribution is -2.41. The smallest absolute Gasteiger partial charge is 0.309 e. The molecule has 1 aromatic carbocycles. The second-order valence-electron chi connectivity index (χ2n) is 10.4. The van der Waals surface area contributed by atoms with Gasteiger partial charge in [-0.3, -0.25) is 14.4 Å². The number of esters is 2. The van der Waals surface area contributed by atoms with Gasteiger partial charge in [0.25, 0.3) is 5.56 Å². The quantitative estimate of drug-likeness (QED) is 0.266. The second kappa shape index (κ2) is 7.86. The number of aliphatic hydroxyl groups is 1. The van der Waals surface area contributed by atoms with E-state index in [-0.39, 0.29) is 25.0 Å². The van der Waals surface area contributed by atoms with E-state index in [4.69, 9.17) is 14.5 Å². The van der Waals surface area contributed by atoms with Crippen molar-refractivity contribution in [1.82, 2.24) is 9.55 Å². The molecule has 1 N–H and O–H groups in total. The third kappa shape index (κ3) is 3.70. The maximum atomic E-state index is 13.7. The highest BCUT2D eigenvalue weighted by molar-refractivity contribution is 6.90. The predicted octanol–water partition coefficient (Wildman–Crippen LogP) is 2.94. The van der Waals surface area contributed by atoms with Crippen LogP contribution in [-0.4, -0.2) is 34.7 Å². The molecule has 5 rings (SSSR count). The summed E-state index contributed by atoms with van der Waals surface area (Å²) in [6.07, 6.45) is 0.0750. The average molecular weight is 493 g/mol. The van der Waals surface area contributed by atoms with Gasteiger partial charge in [0, 0.05) is 12.3 Å². The van der Waals surface area contributed by atoms with Crippen molar-refractivity contribution >= 4 is 36.1 Å². The zero-order chi connectivity index (χ0) is 25.3. The maximum absolute atomic E-state index is 13.7. The van der Waals surface area contributed by atoms with Gasteiger partial charge in [0.2, 0.25) is 0 Å². The van der Waals surface area contributed by atoms with Crippen molar-refractivity contribution in [3.63, 3.8) is 0 Å². The van der Waals surface area contributed by atoms with E-state index in [9.17, 15) is 19.5 Å². The Balaban J connectivity index is 1.80. The summed E-state index contributed by atoms with van der Waals surface area (Å²) in [5, 5.41) is 13.4. The molecule has 0 aliphatic carbocycles. The molecule has 2 aliphatic heterocycles. The van der Waals surface area contributed by atoms with Crippen LogP contribution in [0.5, 0.6) is 5.75 Å². The Morgan fingerprint density at radius 1 is 1.23 bits per heavy atom. The number of nitrogens with zero attached hydrogens (tertiary/aromatic N) is 2. The topological polar surface area (TPSA) is 108 Å². The summed E-state index contributed by atoms with van der Waals surface area (Å²) in [5.41, 5.74) is 2.08. The molecule has 1 atom stereocenters. The van der Waals surface area contributed by atoms with Crippen molar-refractivity contribution in [2.75, 3.05) is 0 Å². The zero-order valence-corrected chi connectivity index (χ0v) is 21.5. The minimum absolute atomic E-state index is 0.159. The van der Waals surface area contributed by atoms with Crippen molar-refractivity contribution in [3.05, 3.63) is 51.3 Å². The fourth-order valence-corrected chi connectivity index (χ4v) is 7.45. The SMILES string of the molecule is CC[C@@]1(O)CC(=O)OCc2c1cc1n(c2=O)Cc2c-1nc1ccc(OC(C)=O)cc1c2[Si](C)(C)C. The Hall–Kier alpha value is -3.30. The molecule has 9 heteroatoms. The van der Waals surface area contributed by atoms with Gasteiger partial charge in [-0.25, -0.2) is 4.98 Å². The zero-order valence-electron chi connectivity index (χ0n) is 20.5. The average Bonchev–Trinajstić information content (AvgIpc) is 3.06.